The summed E-state index contributed by atoms with van der Waals surface area (Å²) in [6.07, 6.45) is 3.57. The number of carbonyl (C=O) groups is 2. The molecule has 3 amide bonds. The third kappa shape index (κ3) is 2.60. The van der Waals surface area contributed by atoms with Gasteiger partial charge in [-0.2, -0.15) is 0 Å². The highest BCUT2D eigenvalue weighted by Crippen LogP contribution is 2.14. The number of hydrogen-bond donors (Lipinski definition) is 1. The van der Waals surface area contributed by atoms with Gasteiger partial charge in [0.1, 0.15) is 5.70 Å². The maximum atomic E-state index is 11.5. The van der Waals surface area contributed by atoms with Gasteiger partial charge in [0.2, 0.25) is 15.0 Å². The van der Waals surface area contributed by atoms with Crippen molar-refractivity contribution in [2.45, 2.75) is 5.16 Å². The van der Waals surface area contributed by atoms with Crippen LogP contribution in [-0.2, 0) is 14.6 Å². The van der Waals surface area contributed by atoms with Crippen molar-refractivity contribution in [1.82, 2.24) is 20.2 Å². The van der Waals surface area contributed by atoms with Crippen molar-refractivity contribution in [3.05, 3.63) is 23.7 Å². The lowest BCUT2D eigenvalue weighted by Crippen LogP contribution is -2.24. The van der Waals surface area contributed by atoms with Crippen LogP contribution in [0, 0.1) is 0 Å². The van der Waals surface area contributed by atoms with Gasteiger partial charge >= 0.3 is 6.03 Å². The van der Waals surface area contributed by atoms with E-state index in [1.165, 1.54) is 25.4 Å². The second-order valence-corrected chi connectivity index (χ2v) is 5.79. The molecule has 100 valence electrons. The quantitative estimate of drug-likeness (QED) is 0.441. The third-order valence-corrected chi connectivity index (χ3v) is 3.25. The molecule has 0 saturated carbocycles. The van der Waals surface area contributed by atoms with E-state index in [9.17, 15) is 18.0 Å². The first-order chi connectivity index (χ1) is 8.79. The topological polar surface area (TPSA) is 109 Å². The lowest BCUT2D eigenvalue weighted by Gasteiger charge is -2.06. The first kappa shape index (κ1) is 13.1. The summed E-state index contributed by atoms with van der Waals surface area (Å²) >= 11 is 0. The lowest BCUT2D eigenvalue weighted by molar-refractivity contribution is -0.115. The second-order valence-electron chi connectivity index (χ2n) is 3.88. The minimum atomic E-state index is -3.53. The number of aromatic nitrogens is 2. The van der Waals surface area contributed by atoms with Crippen molar-refractivity contribution >= 4 is 27.9 Å². The predicted molar refractivity (Wildman–Crippen MR) is 64.4 cm³/mol. The monoisotopic (exact) mass is 282 g/mol. The highest BCUT2D eigenvalue weighted by molar-refractivity contribution is 7.90. The zero-order valence-corrected chi connectivity index (χ0v) is 10.9. The molecule has 0 radical (unpaired) electrons. The Labute approximate surface area is 109 Å². The number of carbonyl (C=O) groups excluding carboxylic acids is 2. The largest absolute Gasteiger partial charge is 0.328 e. The normalized spacial score (nSPS) is 18.0. The molecule has 1 aliphatic rings. The predicted octanol–water partition coefficient (Wildman–Crippen LogP) is -0.597. The van der Waals surface area contributed by atoms with Gasteiger partial charge in [-0.3, -0.25) is 15.0 Å². The highest BCUT2D eigenvalue weighted by Gasteiger charge is 2.29. The molecule has 1 fully saturated rings. The minimum Gasteiger partial charge on any atom is -0.292 e. The molecule has 1 N–H and O–H groups in total. The van der Waals surface area contributed by atoms with E-state index in [0.717, 1.165) is 11.2 Å². The third-order valence-electron chi connectivity index (χ3n) is 2.39. The molecule has 2 rings (SSSR count). The molecule has 0 aromatic carbocycles. The summed E-state index contributed by atoms with van der Waals surface area (Å²) in [7, 11) is -2.11. The van der Waals surface area contributed by atoms with Crippen LogP contribution in [0.1, 0.15) is 5.69 Å². The molecule has 9 heteroatoms. The van der Waals surface area contributed by atoms with Crippen molar-refractivity contribution in [1.29, 1.82) is 0 Å². The van der Waals surface area contributed by atoms with Crippen molar-refractivity contribution in [3.63, 3.8) is 0 Å². The number of nitrogens with zero attached hydrogens (tertiary/aromatic N) is 3. The van der Waals surface area contributed by atoms with E-state index < -0.39 is 21.8 Å². The molecule has 2 heterocycles. The van der Waals surface area contributed by atoms with Gasteiger partial charge in [-0.1, -0.05) is 0 Å². The molecule has 1 aromatic heterocycles. The first-order valence-electron chi connectivity index (χ1n) is 5.13. The van der Waals surface area contributed by atoms with E-state index >= 15 is 0 Å². The van der Waals surface area contributed by atoms with E-state index in [-0.39, 0.29) is 16.5 Å². The smallest absolute Gasteiger partial charge is 0.292 e. The summed E-state index contributed by atoms with van der Waals surface area (Å²) in [5, 5.41) is 1.76. The van der Waals surface area contributed by atoms with Crippen LogP contribution >= 0.6 is 0 Å². The fourth-order valence-electron chi connectivity index (χ4n) is 1.42. The first-order valence-corrected chi connectivity index (χ1v) is 7.02. The van der Waals surface area contributed by atoms with Crippen LogP contribution in [0.2, 0.25) is 0 Å². The summed E-state index contributed by atoms with van der Waals surface area (Å²) in [5.41, 5.74) is 0.310. The van der Waals surface area contributed by atoms with E-state index in [1.807, 2.05) is 0 Å². The molecule has 1 saturated heterocycles. The molecule has 1 aliphatic heterocycles. The average Bonchev–Trinajstić information content (AvgIpc) is 2.55. The number of sulfone groups is 1. The Bertz CT molecular complexity index is 695. The van der Waals surface area contributed by atoms with Crippen LogP contribution in [0.25, 0.3) is 6.08 Å². The van der Waals surface area contributed by atoms with E-state index in [0.29, 0.717) is 0 Å². The zero-order chi connectivity index (χ0) is 14.2. The Morgan fingerprint density at radius 3 is 2.58 bits per heavy atom. The van der Waals surface area contributed by atoms with Crippen molar-refractivity contribution in [2.75, 3.05) is 13.3 Å². The van der Waals surface area contributed by atoms with Crippen LogP contribution in [-0.4, -0.2) is 48.5 Å². The Balaban J connectivity index is 2.44. The Morgan fingerprint density at radius 2 is 2.05 bits per heavy atom. The molecule has 0 bridgehead atoms. The summed E-state index contributed by atoms with van der Waals surface area (Å²) in [4.78, 5) is 31.3. The van der Waals surface area contributed by atoms with Gasteiger partial charge in [0.25, 0.3) is 5.91 Å². The van der Waals surface area contributed by atoms with Gasteiger partial charge < -0.3 is 0 Å². The van der Waals surface area contributed by atoms with E-state index in [2.05, 4.69) is 15.3 Å². The van der Waals surface area contributed by atoms with Gasteiger partial charge in [-0.25, -0.2) is 23.2 Å². The van der Waals surface area contributed by atoms with Gasteiger partial charge in [-0.15, -0.1) is 0 Å². The Kier molecular flexibility index (Phi) is 3.06. The highest BCUT2D eigenvalue weighted by atomic mass is 32.2. The second kappa shape index (κ2) is 4.43. The summed E-state index contributed by atoms with van der Waals surface area (Å²) in [6.45, 7) is 0. The Morgan fingerprint density at radius 1 is 1.37 bits per heavy atom. The summed E-state index contributed by atoms with van der Waals surface area (Å²) < 4.78 is 22.6. The molecular formula is C10H10N4O4S. The SMILES string of the molecule is CN1C(=O)NC(=O)/C1=C/c1ccnc(S(C)(=O)=O)n1. The van der Waals surface area contributed by atoms with E-state index in [1.54, 1.807) is 0 Å². The van der Waals surface area contributed by atoms with Crippen LogP contribution in [0.3, 0.4) is 0 Å². The molecule has 0 atom stereocenters. The number of hydrogen-bond acceptors (Lipinski definition) is 6. The molecule has 0 spiro atoms. The zero-order valence-electron chi connectivity index (χ0n) is 10.1. The van der Waals surface area contributed by atoms with Gasteiger partial charge in [-0.05, 0) is 12.1 Å². The van der Waals surface area contributed by atoms with Crippen LogP contribution in [0.4, 0.5) is 4.79 Å². The molecule has 0 unspecified atom stereocenters. The van der Waals surface area contributed by atoms with Crippen LogP contribution in [0.5, 0.6) is 0 Å². The molecule has 0 aliphatic carbocycles. The molecule has 19 heavy (non-hydrogen) atoms. The van der Waals surface area contributed by atoms with Crippen LogP contribution < -0.4 is 5.32 Å². The Hall–Kier alpha value is -2.29. The number of likely N-dealkylation sites (N-methyl/N-ethyl adjacent to an activating group) is 1. The summed E-state index contributed by atoms with van der Waals surface area (Å²) in [6, 6.07) is 0.889. The number of imide groups is 1. The number of amides is 3. The molecular weight excluding hydrogens is 272 g/mol. The maximum Gasteiger partial charge on any atom is 0.328 e. The number of urea groups is 1. The lowest BCUT2D eigenvalue weighted by atomic mass is 10.3. The molecule has 8 nitrogen and oxygen atoms in total. The van der Waals surface area contributed by atoms with Crippen molar-refractivity contribution < 1.29 is 18.0 Å². The standard InChI is InChI=1S/C10H10N4O4S/c1-14-7(8(15)13-10(14)16)5-6-3-4-11-9(12-6)19(2,17)18/h3-5H,1-2H3,(H,13,15,16)/b7-5-. The van der Waals surface area contributed by atoms with Crippen LogP contribution in [0.15, 0.2) is 23.1 Å². The van der Waals surface area contributed by atoms with Gasteiger partial charge in [0.05, 0.1) is 5.69 Å². The average molecular weight is 282 g/mol. The van der Waals surface area contributed by atoms with Gasteiger partial charge in [0, 0.05) is 19.5 Å². The fourth-order valence-corrected chi connectivity index (χ4v) is 1.95. The summed E-state index contributed by atoms with van der Waals surface area (Å²) in [5.74, 6) is -0.563. The van der Waals surface area contributed by atoms with Crippen molar-refractivity contribution in [3.8, 4) is 0 Å². The molecule has 1 aromatic rings. The number of nitrogens with one attached hydrogen (secondary N) is 1. The fraction of sp³-hybridized carbons (Fsp3) is 0.200. The van der Waals surface area contributed by atoms with Crippen molar-refractivity contribution in [2.24, 2.45) is 0 Å². The maximum absolute atomic E-state index is 11.5. The minimum absolute atomic E-state index is 0.0863. The van der Waals surface area contributed by atoms with E-state index in [4.69, 9.17) is 0 Å². The number of rotatable bonds is 2. The van der Waals surface area contributed by atoms with Gasteiger partial charge in [0.15, 0.2) is 0 Å².